The van der Waals surface area contributed by atoms with Gasteiger partial charge in [-0.05, 0) is 65.7 Å². The van der Waals surface area contributed by atoms with Crippen molar-refractivity contribution in [1.29, 1.82) is 0 Å². The van der Waals surface area contributed by atoms with E-state index in [1.807, 2.05) is 20.8 Å². The minimum absolute atomic E-state index is 0.253. The average Bonchev–Trinajstić information content (AvgIpc) is 2.71. The Bertz CT molecular complexity index is 370. The van der Waals surface area contributed by atoms with Gasteiger partial charge in [0.1, 0.15) is 5.60 Å². The quantitative estimate of drug-likeness (QED) is 0.755. The van der Waals surface area contributed by atoms with E-state index in [1.54, 1.807) is 0 Å². The van der Waals surface area contributed by atoms with Gasteiger partial charge >= 0.3 is 6.09 Å². The van der Waals surface area contributed by atoms with Gasteiger partial charge < -0.3 is 15.4 Å². The largest absolute Gasteiger partial charge is 0.444 e. The first-order valence-electron chi connectivity index (χ1n) is 9.59. The van der Waals surface area contributed by atoms with Gasteiger partial charge in [-0.3, -0.25) is 0 Å². The molecular formula is C19H36N2O2. The fourth-order valence-electron chi connectivity index (χ4n) is 4.06. The number of amides is 1. The third-order valence-corrected chi connectivity index (χ3v) is 5.26. The zero-order valence-electron chi connectivity index (χ0n) is 15.5. The molecule has 0 radical (unpaired) electrons. The molecule has 2 aliphatic carbocycles. The van der Waals surface area contributed by atoms with Crippen molar-refractivity contribution in [3.05, 3.63) is 0 Å². The Morgan fingerprint density at radius 3 is 2.22 bits per heavy atom. The van der Waals surface area contributed by atoms with Gasteiger partial charge in [-0.1, -0.05) is 25.7 Å². The van der Waals surface area contributed by atoms with Crippen LogP contribution in [0.15, 0.2) is 0 Å². The summed E-state index contributed by atoms with van der Waals surface area (Å²) in [6.07, 6.45) is 11.3. The molecule has 23 heavy (non-hydrogen) atoms. The van der Waals surface area contributed by atoms with E-state index in [4.69, 9.17) is 4.74 Å². The highest BCUT2D eigenvalue weighted by Crippen LogP contribution is 2.27. The van der Waals surface area contributed by atoms with Crippen LogP contribution in [0.3, 0.4) is 0 Å². The van der Waals surface area contributed by atoms with Crippen molar-refractivity contribution in [3.8, 4) is 0 Å². The molecule has 2 fully saturated rings. The molecule has 4 heteroatoms. The number of hydrogen-bond acceptors (Lipinski definition) is 3. The summed E-state index contributed by atoms with van der Waals surface area (Å²) in [5, 5.41) is 6.86. The number of alkyl carbamates (subject to hydrolysis) is 1. The predicted octanol–water partition coefficient (Wildman–Crippen LogP) is 4.38. The van der Waals surface area contributed by atoms with Crippen LogP contribution in [0.4, 0.5) is 4.79 Å². The fraction of sp³-hybridized carbons (Fsp3) is 0.947. The maximum absolute atomic E-state index is 11.9. The molecule has 3 atom stereocenters. The Kier molecular flexibility index (Phi) is 6.75. The van der Waals surface area contributed by atoms with Crippen LogP contribution >= 0.6 is 0 Å². The van der Waals surface area contributed by atoms with Gasteiger partial charge in [0.2, 0.25) is 0 Å². The average molecular weight is 325 g/mol. The summed E-state index contributed by atoms with van der Waals surface area (Å²) in [5.74, 6) is 0.829. The molecule has 4 nitrogen and oxygen atoms in total. The number of carbonyl (C=O) groups excluding carboxylic acids is 1. The molecule has 0 aromatic carbocycles. The molecular weight excluding hydrogens is 288 g/mol. The van der Waals surface area contributed by atoms with E-state index >= 15 is 0 Å². The van der Waals surface area contributed by atoms with E-state index < -0.39 is 5.60 Å². The van der Waals surface area contributed by atoms with E-state index in [1.165, 1.54) is 38.5 Å². The molecule has 134 valence electrons. The molecule has 0 aliphatic heterocycles. The summed E-state index contributed by atoms with van der Waals surface area (Å²) in [7, 11) is 0. The lowest BCUT2D eigenvalue weighted by Crippen LogP contribution is -2.42. The van der Waals surface area contributed by atoms with Crippen molar-refractivity contribution in [2.75, 3.05) is 0 Å². The van der Waals surface area contributed by atoms with Gasteiger partial charge in [0.05, 0.1) is 0 Å². The zero-order valence-corrected chi connectivity index (χ0v) is 15.5. The standard InChI is InChI=1S/C19H36N2O2/c1-14(15-9-7-5-6-8-10-15)20-16-11-12-17(13-16)21-18(22)23-19(2,3)4/h14-17,20H,5-13H2,1-4H3,(H,21,22)/t14-,16?,17?/m1/s1. The second kappa shape index (κ2) is 8.36. The minimum Gasteiger partial charge on any atom is -0.444 e. The number of nitrogens with one attached hydrogen (secondary N) is 2. The first-order chi connectivity index (χ1) is 10.8. The summed E-state index contributed by atoms with van der Waals surface area (Å²) < 4.78 is 5.35. The van der Waals surface area contributed by atoms with E-state index in [9.17, 15) is 4.79 Å². The molecule has 0 aromatic heterocycles. The van der Waals surface area contributed by atoms with Gasteiger partial charge in [-0.25, -0.2) is 4.79 Å². The Labute approximate surface area is 142 Å². The highest BCUT2D eigenvalue weighted by atomic mass is 16.6. The van der Waals surface area contributed by atoms with Crippen molar-refractivity contribution in [1.82, 2.24) is 10.6 Å². The van der Waals surface area contributed by atoms with Gasteiger partial charge in [0.25, 0.3) is 0 Å². The molecule has 0 heterocycles. The second-order valence-corrected chi connectivity index (χ2v) is 8.56. The van der Waals surface area contributed by atoms with E-state index in [-0.39, 0.29) is 12.1 Å². The molecule has 2 saturated carbocycles. The normalized spacial score (nSPS) is 28.2. The zero-order chi connectivity index (χ0) is 16.9. The van der Waals surface area contributed by atoms with E-state index in [2.05, 4.69) is 17.6 Å². The topological polar surface area (TPSA) is 50.4 Å². The number of rotatable bonds is 4. The van der Waals surface area contributed by atoms with E-state index in [0.29, 0.717) is 12.1 Å². The summed E-state index contributed by atoms with van der Waals surface area (Å²) in [4.78, 5) is 11.9. The van der Waals surface area contributed by atoms with Crippen LogP contribution < -0.4 is 10.6 Å². The fourth-order valence-corrected chi connectivity index (χ4v) is 4.06. The maximum atomic E-state index is 11.9. The summed E-state index contributed by atoms with van der Waals surface area (Å²) in [6, 6.07) is 1.38. The summed E-state index contributed by atoms with van der Waals surface area (Å²) >= 11 is 0. The molecule has 1 amide bonds. The highest BCUT2D eigenvalue weighted by molar-refractivity contribution is 5.68. The molecule has 0 saturated heterocycles. The highest BCUT2D eigenvalue weighted by Gasteiger charge is 2.29. The van der Waals surface area contributed by atoms with Crippen LogP contribution in [0.2, 0.25) is 0 Å². The number of carbonyl (C=O) groups is 1. The first-order valence-corrected chi connectivity index (χ1v) is 9.59. The second-order valence-electron chi connectivity index (χ2n) is 8.56. The maximum Gasteiger partial charge on any atom is 0.407 e. The van der Waals surface area contributed by atoms with Crippen molar-refractivity contribution < 1.29 is 9.53 Å². The van der Waals surface area contributed by atoms with Gasteiger partial charge in [-0.2, -0.15) is 0 Å². The van der Waals surface area contributed by atoms with E-state index in [0.717, 1.165) is 25.2 Å². The molecule has 2 rings (SSSR count). The lowest BCUT2D eigenvalue weighted by molar-refractivity contribution is 0.0505. The van der Waals surface area contributed by atoms with Crippen LogP contribution in [0.25, 0.3) is 0 Å². The molecule has 2 unspecified atom stereocenters. The summed E-state index contributed by atoms with van der Waals surface area (Å²) in [6.45, 7) is 8.06. The minimum atomic E-state index is -0.422. The third-order valence-electron chi connectivity index (χ3n) is 5.26. The van der Waals surface area contributed by atoms with Crippen LogP contribution in [-0.2, 0) is 4.74 Å². The van der Waals surface area contributed by atoms with Crippen molar-refractivity contribution in [2.45, 2.75) is 109 Å². The SMILES string of the molecule is C[C@@H](NC1CCC(NC(=O)OC(C)(C)C)C1)C1CCCCCC1. The Hall–Kier alpha value is -0.770. The Morgan fingerprint density at radius 2 is 1.61 bits per heavy atom. The monoisotopic (exact) mass is 324 g/mol. The molecule has 0 spiro atoms. The van der Waals surface area contributed by atoms with Crippen LogP contribution in [-0.4, -0.2) is 29.8 Å². The Balaban J connectivity index is 1.71. The molecule has 0 bridgehead atoms. The van der Waals surface area contributed by atoms with Gasteiger partial charge in [-0.15, -0.1) is 0 Å². The lowest BCUT2D eigenvalue weighted by atomic mass is 9.92. The van der Waals surface area contributed by atoms with Crippen LogP contribution in [0, 0.1) is 5.92 Å². The number of ether oxygens (including phenoxy) is 1. The number of hydrogen-bond donors (Lipinski definition) is 2. The first kappa shape index (κ1) is 18.6. The van der Waals surface area contributed by atoms with Crippen molar-refractivity contribution in [3.63, 3.8) is 0 Å². The third kappa shape index (κ3) is 6.70. The molecule has 0 aromatic rings. The Morgan fingerprint density at radius 1 is 1.00 bits per heavy atom. The smallest absolute Gasteiger partial charge is 0.407 e. The van der Waals surface area contributed by atoms with Gasteiger partial charge in [0, 0.05) is 18.1 Å². The molecule has 2 N–H and O–H groups in total. The lowest BCUT2D eigenvalue weighted by Gasteiger charge is -2.27. The summed E-state index contributed by atoms with van der Waals surface area (Å²) in [5.41, 5.74) is -0.422. The molecule has 2 aliphatic rings. The van der Waals surface area contributed by atoms with Crippen LogP contribution in [0.1, 0.15) is 85.5 Å². The predicted molar refractivity (Wildman–Crippen MR) is 94.6 cm³/mol. The van der Waals surface area contributed by atoms with Gasteiger partial charge in [0.15, 0.2) is 0 Å². The van der Waals surface area contributed by atoms with Crippen molar-refractivity contribution in [2.24, 2.45) is 5.92 Å². The van der Waals surface area contributed by atoms with Crippen molar-refractivity contribution >= 4 is 6.09 Å². The van der Waals surface area contributed by atoms with Crippen LogP contribution in [0.5, 0.6) is 0 Å².